The summed E-state index contributed by atoms with van der Waals surface area (Å²) in [5.41, 5.74) is 2.53. The molecule has 5 aliphatic rings. The zero-order chi connectivity index (χ0) is 23.5. The van der Waals surface area contributed by atoms with Crippen LogP contribution in [0.3, 0.4) is 0 Å². The minimum absolute atomic E-state index is 0.175. The number of rotatable bonds is 1. The number of nitrogens with one attached hydrogen (secondary N) is 2. The number of hydrogen-bond donors (Lipinski definition) is 3. The molecule has 11 heteroatoms. The van der Waals surface area contributed by atoms with Gasteiger partial charge in [0.2, 0.25) is 4.87 Å². The summed E-state index contributed by atoms with van der Waals surface area (Å²) < 4.78 is 0. The highest BCUT2D eigenvalue weighted by molar-refractivity contribution is 9.26. The lowest BCUT2D eigenvalue weighted by Crippen LogP contribution is -2.74. The van der Waals surface area contributed by atoms with Crippen LogP contribution in [0.15, 0.2) is 54.7 Å². The van der Waals surface area contributed by atoms with Gasteiger partial charge in [-0.15, -0.1) is 0 Å². The first-order chi connectivity index (χ1) is 16.4. The molecule has 5 atom stereocenters. The third-order valence-corrected chi connectivity index (χ3v) is 15.1. The van der Waals surface area contributed by atoms with Crippen molar-refractivity contribution in [3.8, 4) is 0 Å². The monoisotopic (exact) mass is 528 g/mol. The zero-order valence-corrected chi connectivity index (χ0v) is 21.4. The van der Waals surface area contributed by atoms with E-state index in [9.17, 15) is 14.7 Å². The Morgan fingerprint density at radius 3 is 2.56 bits per heavy atom. The van der Waals surface area contributed by atoms with Crippen molar-refractivity contribution in [1.82, 2.24) is 14.8 Å². The molecule has 5 aliphatic heterocycles. The largest absolute Gasteiger partial charge is 0.388 e. The van der Waals surface area contributed by atoms with Gasteiger partial charge in [-0.1, -0.05) is 36.4 Å². The molecular formula is C23H20N4O3S4. The van der Waals surface area contributed by atoms with E-state index in [2.05, 4.69) is 10.3 Å². The molecule has 7 nitrogen and oxygen atoms in total. The Morgan fingerprint density at radius 1 is 0.971 bits per heavy atom. The number of hydrogen-bond acceptors (Lipinski definition) is 8. The first kappa shape index (κ1) is 21.4. The van der Waals surface area contributed by atoms with Crippen molar-refractivity contribution in [1.29, 1.82) is 0 Å². The van der Waals surface area contributed by atoms with Crippen molar-refractivity contribution >= 4 is 69.6 Å². The molecule has 174 valence electrons. The van der Waals surface area contributed by atoms with Crippen LogP contribution < -0.4 is 5.32 Å². The maximum Gasteiger partial charge on any atom is 0.264 e. The highest BCUT2D eigenvalue weighted by Crippen LogP contribution is 2.69. The van der Waals surface area contributed by atoms with E-state index in [0.29, 0.717) is 0 Å². The number of aromatic nitrogens is 1. The van der Waals surface area contributed by atoms with Gasteiger partial charge < -0.3 is 20.3 Å². The summed E-state index contributed by atoms with van der Waals surface area (Å²) in [5, 5.41) is 17.0. The Balaban J connectivity index is 1.59. The SMILES string of the molecule is CN1C(=O)[C@]23SSSS[C@]1(C)C(=O)N2[C@H]1Nc2ccccc2[C@@]1(c1c[nH]c2ccccc12)[C@@H]3O. The molecule has 2 amide bonds. The predicted octanol–water partition coefficient (Wildman–Crippen LogP) is 3.98. The number of H-pyrrole nitrogens is 1. The lowest BCUT2D eigenvalue weighted by atomic mass is 9.70. The molecule has 3 N–H and O–H groups in total. The number of benzene rings is 2. The maximum atomic E-state index is 14.2. The Morgan fingerprint density at radius 2 is 1.71 bits per heavy atom. The molecule has 4 fully saturated rings. The van der Waals surface area contributed by atoms with E-state index in [1.807, 2.05) is 54.7 Å². The summed E-state index contributed by atoms with van der Waals surface area (Å²) in [7, 11) is 7.25. The molecule has 8 rings (SSSR count). The van der Waals surface area contributed by atoms with Crippen LogP contribution >= 0.6 is 41.2 Å². The van der Waals surface area contributed by atoms with Gasteiger partial charge >= 0.3 is 0 Å². The Bertz CT molecular complexity index is 1400. The summed E-state index contributed by atoms with van der Waals surface area (Å²) in [5.74, 6) is -0.425. The van der Waals surface area contributed by atoms with E-state index >= 15 is 0 Å². The highest BCUT2D eigenvalue weighted by Gasteiger charge is 2.80. The van der Waals surface area contributed by atoms with E-state index in [4.69, 9.17) is 0 Å². The number of aliphatic hydroxyl groups is 1. The number of carbonyl (C=O) groups excluding carboxylic acids is 2. The minimum atomic E-state index is -1.46. The number of para-hydroxylation sites is 2. The second-order valence-corrected chi connectivity index (χ2v) is 15.4. The van der Waals surface area contributed by atoms with Crippen molar-refractivity contribution in [2.45, 2.75) is 34.4 Å². The highest BCUT2D eigenvalue weighted by atomic mass is 33.7. The van der Waals surface area contributed by atoms with Gasteiger partial charge in [0.05, 0.1) is 5.41 Å². The molecule has 3 aromatic rings. The molecule has 2 bridgehead atoms. The number of carbonyl (C=O) groups is 2. The van der Waals surface area contributed by atoms with Crippen LogP contribution in [0.1, 0.15) is 18.1 Å². The van der Waals surface area contributed by atoms with Crippen molar-refractivity contribution in [2.24, 2.45) is 0 Å². The molecule has 0 aliphatic carbocycles. The standard InChI is InChI=1S/C23H20N4O3S4/c1-21-19(29)27-18-22(13-8-4-6-10-16(13)25-18,14-11-24-15-9-5-3-7-12(14)15)17(28)23(27,20(30)26(21)2)32-34-33-31-21/h3-11,17-18,24-25,28H,1-2H3/t17-,18+,21+,22+,23-/m0/s1. The molecule has 2 aromatic carbocycles. The summed E-state index contributed by atoms with van der Waals surface area (Å²) in [6.07, 6.45) is 0.112. The number of aromatic amines is 1. The lowest BCUT2D eigenvalue weighted by Gasteiger charge is -2.54. The van der Waals surface area contributed by atoms with Crippen LogP contribution in [0.25, 0.3) is 10.9 Å². The van der Waals surface area contributed by atoms with Gasteiger partial charge in [0, 0.05) is 29.8 Å². The van der Waals surface area contributed by atoms with Crippen molar-refractivity contribution in [3.05, 3.63) is 65.9 Å². The van der Waals surface area contributed by atoms with Crippen LogP contribution in [0.2, 0.25) is 0 Å². The molecular weight excluding hydrogens is 509 g/mol. The number of anilines is 1. The van der Waals surface area contributed by atoms with Crippen molar-refractivity contribution in [3.63, 3.8) is 0 Å². The molecule has 6 heterocycles. The van der Waals surface area contributed by atoms with Gasteiger partial charge in [-0.2, -0.15) is 0 Å². The van der Waals surface area contributed by atoms with Gasteiger partial charge in [-0.25, -0.2) is 0 Å². The lowest BCUT2D eigenvalue weighted by molar-refractivity contribution is -0.165. The molecule has 0 saturated carbocycles. The number of nitrogens with zero attached hydrogens (tertiary/aromatic N) is 2. The van der Waals surface area contributed by atoms with Gasteiger partial charge in [-0.05, 0) is 71.4 Å². The average molecular weight is 529 g/mol. The molecule has 34 heavy (non-hydrogen) atoms. The van der Waals surface area contributed by atoms with E-state index < -0.39 is 27.4 Å². The number of likely N-dealkylation sites (N-methyl/N-ethyl adjacent to an activating group) is 1. The smallest absolute Gasteiger partial charge is 0.264 e. The number of aliphatic hydroxyl groups excluding tert-OH is 1. The van der Waals surface area contributed by atoms with Crippen LogP contribution in [-0.4, -0.2) is 60.8 Å². The Kier molecular flexibility index (Phi) is 4.30. The summed E-state index contributed by atoms with van der Waals surface area (Å²) in [4.78, 5) is 32.4. The molecule has 1 spiro atoms. The van der Waals surface area contributed by atoms with Crippen LogP contribution in [0.5, 0.6) is 0 Å². The third-order valence-electron chi connectivity index (χ3n) is 7.80. The normalized spacial score (nSPS) is 36.2. The van der Waals surface area contributed by atoms with Gasteiger partial charge in [0.25, 0.3) is 11.8 Å². The van der Waals surface area contributed by atoms with Crippen molar-refractivity contribution in [2.75, 3.05) is 12.4 Å². The number of fused-ring (bicyclic) bond motifs is 8. The molecule has 0 unspecified atom stereocenters. The quantitative estimate of drug-likeness (QED) is 0.409. The fourth-order valence-corrected chi connectivity index (χ4v) is 13.8. The molecule has 0 radical (unpaired) electrons. The maximum absolute atomic E-state index is 14.2. The summed E-state index contributed by atoms with van der Waals surface area (Å²) in [6.45, 7) is 1.80. The van der Waals surface area contributed by atoms with E-state index in [1.54, 1.807) is 18.9 Å². The Hall–Kier alpha value is -1.92. The van der Waals surface area contributed by atoms with Gasteiger partial charge in [0.15, 0.2) is 4.87 Å². The van der Waals surface area contributed by atoms with E-state index in [0.717, 1.165) is 27.7 Å². The van der Waals surface area contributed by atoms with Crippen LogP contribution in [0.4, 0.5) is 5.69 Å². The predicted molar refractivity (Wildman–Crippen MR) is 140 cm³/mol. The first-order valence-corrected chi connectivity index (χ1v) is 15.6. The van der Waals surface area contributed by atoms with Crippen LogP contribution in [-0.2, 0) is 15.0 Å². The first-order valence-electron chi connectivity index (χ1n) is 10.8. The minimum Gasteiger partial charge on any atom is -0.388 e. The molecule has 4 saturated heterocycles. The topological polar surface area (TPSA) is 88.7 Å². The third kappa shape index (κ3) is 2.18. The van der Waals surface area contributed by atoms with E-state index in [-0.39, 0.29) is 11.8 Å². The molecule has 1 aromatic heterocycles. The van der Waals surface area contributed by atoms with E-state index in [1.165, 1.54) is 46.1 Å². The van der Waals surface area contributed by atoms with Crippen LogP contribution in [0, 0.1) is 0 Å². The summed E-state index contributed by atoms with van der Waals surface area (Å²) in [6, 6.07) is 15.8. The number of amides is 2. The van der Waals surface area contributed by atoms with Crippen molar-refractivity contribution < 1.29 is 14.7 Å². The van der Waals surface area contributed by atoms with Gasteiger partial charge in [-0.3, -0.25) is 14.5 Å². The zero-order valence-electron chi connectivity index (χ0n) is 18.1. The second kappa shape index (κ2) is 6.85. The van der Waals surface area contributed by atoms with Gasteiger partial charge in [0.1, 0.15) is 12.3 Å². The number of piperazine rings is 1. The second-order valence-electron chi connectivity index (χ2n) is 9.13. The average Bonchev–Trinajstić information content (AvgIpc) is 3.47. The summed E-state index contributed by atoms with van der Waals surface area (Å²) >= 11 is 0. The Labute approximate surface area is 211 Å². The fraction of sp³-hybridized carbons (Fsp3) is 0.304. The fourth-order valence-electron chi connectivity index (χ4n) is 6.08.